The highest BCUT2D eigenvalue weighted by Gasteiger charge is 2.13. The van der Waals surface area contributed by atoms with Crippen molar-refractivity contribution in [3.05, 3.63) is 47.5 Å². The number of nitrogens with zero attached hydrogens (tertiary/aromatic N) is 1. The van der Waals surface area contributed by atoms with Gasteiger partial charge in [0.15, 0.2) is 0 Å². The van der Waals surface area contributed by atoms with Gasteiger partial charge in [0.1, 0.15) is 19.6 Å². The van der Waals surface area contributed by atoms with E-state index < -0.39 is 8.07 Å². The lowest BCUT2D eigenvalue weighted by Gasteiger charge is -2.13. The molecule has 1 rings (SSSR count). The number of aliphatic imine (C=N–C) groups is 1. The fourth-order valence-electron chi connectivity index (χ4n) is 1.57. The molecule has 0 amide bonds. The monoisotopic (exact) mass is 301 g/mol. The zero-order chi connectivity index (χ0) is 15.9. The van der Waals surface area contributed by atoms with Crippen LogP contribution in [0.3, 0.4) is 0 Å². The summed E-state index contributed by atoms with van der Waals surface area (Å²) in [5.74, 6) is 4.59. The third-order valence-electron chi connectivity index (χ3n) is 2.69. The van der Waals surface area contributed by atoms with Crippen LogP contribution in [0.15, 0.2) is 52.5 Å². The lowest BCUT2D eigenvalue weighted by molar-refractivity contribution is 0.297. The van der Waals surface area contributed by atoms with Crippen molar-refractivity contribution in [3.63, 3.8) is 0 Å². The molecule has 0 aliphatic carbocycles. The Labute approximate surface area is 128 Å². The van der Waals surface area contributed by atoms with Crippen LogP contribution in [0.25, 0.3) is 0 Å². The van der Waals surface area contributed by atoms with Crippen molar-refractivity contribution in [3.8, 4) is 11.5 Å². The third-order valence-corrected chi connectivity index (χ3v) is 3.57. The molecule has 21 heavy (non-hydrogen) atoms. The molecule has 4 heteroatoms. The Morgan fingerprint density at radius 3 is 2.57 bits per heavy atom. The van der Waals surface area contributed by atoms with Crippen molar-refractivity contribution in [2.75, 3.05) is 20.8 Å². The van der Waals surface area contributed by atoms with Crippen LogP contribution in [0.2, 0.25) is 19.6 Å². The molecule has 0 atom stereocenters. The molecule has 0 spiro atoms. The number of dihydropyridines is 1. The van der Waals surface area contributed by atoms with Gasteiger partial charge in [-0.05, 0) is 18.2 Å². The third kappa shape index (κ3) is 5.88. The van der Waals surface area contributed by atoms with Gasteiger partial charge in [0, 0.05) is 17.4 Å². The summed E-state index contributed by atoms with van der Waals surface area (Å²) in [6.45, 7) is 11.0. The maximum atomic E-state index is 5.47. The van der Waals surface area contributed by atoms with Crippen LogP contribution in [0.1, 0.15) is 0 Å². The van der Waals surface area contributed by atoms with Crippen molar-refractivity contribution < 1.29 is 9.47 Å². The second kappa shape index (κ2) is 7.70. The largest absolute Gasteiger partial charge is 0.497 e. The first-order chi connectivity index (χ1) is 9.87. The number of ether oxygens (including phenoxy) is 2. The van der Waals surface area contributed by atoms with E-state index in [0.29, 0.717) is 12.3 Å². The van der Waals surface area contributed by atoms with Gasteiger partial charge in [-0.3, -0.25) is 4.99 Å². The zero-order valence-corrected chi connectivity index (χ0v) is 14.5. The van der Waals surface area contributed by atoms with Crippen molar-refractivity contribution >= 4 is 14.3 Å². The second-order valence-electron chi connectivity index (χ2n) is 5.62. The van der Waals surface area contributed by atoms with Crippen molar-refractivity contribution in [1.82, 2.24) is 0 Å². The van der Waals surface area contributed by atoms with Crippen LogP contribution in [-0.4, -0.2) is 35.1 Å². The molecule has 1 aliphatic rings. The van der Waals surface area contributed by atoms with E-state index in [1.165, 1.54) is 0 Å². The molecule has 0 N–H and O–H groups in total. The lowest BCUT2D eigenvalue weighted by Crippen LogP contribution is -2.16. The van der Waals surface area contributed by atoms with Gasteiger partial charge in [0.2, 0.25) is 0 Å². The Bertz CT molecular complexity index is 578. The number of hydrogen-bond donors (Lipinski definition) is 0. The number of allylic oxidation sites excluding steroid dienone is 3. The van der Waals surface area contributed by atoms with Crippen LogP contribution < -0.4 is 0 Å². The van der Waals surface area contributed by atoms with E-state index >= 15 is 0 Å². The van der Waals surface area contributed by atoms with E-state index in [4.69, 9.17) is 9.47 Å². The maximum absolute atomic E-state index is 5.47. The van der Waals surface area contributed by atoms with Crippen LogP contribution in [0, 0.1) is 11.5 Å². The molecule has 112 valence electrons. The first-order valence-corrected chi connectivity index (χ1v) is 10.3. The highest BCUT2D eigenvalue weighted by atomic mass is 28.3. The van der Waals surface area contributed by atoms with Crippen LogP contribution in [0.4, 0.5) is 0 Å². The smallest absolute Gasteiger partial charge is 0.129 e. The lowest BCUT2D eigenvalue weighted by atomic mass is 10.0. The Hall–Kier alpha value is -1.99. The SMILES string of the molecule is C=C(/C=C\C(OC)=C1/CN=CC=C1C#C[Si](C)(C)C)OC. The number of methoxy groups -OCH3 is 2. The Kier molecular flexibility index (Phi) is 6.26. The molecule has 1 aliphatic heterocycles. The predicted octanol–water partition coefficient (Wildman–Crippen LogP) is 3.49. The summed E-state index contributed by atoms with van der Waals surface area (Å²) in [5, 5.41) is 0. The minimum absolute atomic E-state index is 0.569. The molecule has 0 saturated heterocycles. The highest BCUT2D eigenvalue weighted by Crippen LogP contribution is 2.20. The molecule has 0 aromatic rings. The molecule has 0 bridgehead atoms. The first-order valence-electron chi connectivity index (χ1n) is 6.79. The fraction of sp³-hybridized carbons (Fsp3) is 0.353. The molecule has 0 radical (unpaired) electrons. The molecule has 0 unspecified atom stereocenters. The van der Waals surface area contributed by atoms with Crippen molar-refractivity contribution in [2.45, 2.75) is 19.6 Å². The Morgan fingerprint density at radius 2 is 2.00 bits per heavy atom. The van der Waals surface area contributed by atoms with Crippen molar-refractivity contribution in [2.24, 2.45) is 4.99 Å². The van der Waals surface area contributed by atoms with Crippen LogP contribution in [0.5, 0.6) is 0 Å². The summed E-state index contributed by atoms with van der Waals surface area (Å²) in [6, 6.07) is 0. The van der Waals surface area contributed by atoms with Gasteiger partial charge < -0.3 is 9.47 Å². The molecule has 0 fully saturated rings. The average Bonchev–Trinajstić information content (AvgIpc) is 2.45. The summed E-state index contributed by atoms with van der Waals surface area (Å²) in [7, 11) is 1.81. The van der Waals surface area contributed by atoms with Gasteiger partial charge in [-0.25, -0.2) is 0 Å². The minimum Gasteiger partial charge on any atom is -0.497 e. The van der Waals surface area contributed by atoms with E-state index in [9.17, 15) is 0 Å². The number of rotatable bonds is 4. The molecular formula is C17H23NO2Si. The van der Waals surface area contributed by atoms with Crippen molar-refractivity contribution in [1.29, 1.82) is 0 Å². The average molecular weight is 301 g/mol. The highest BCUT2D eigenvalue weighted by molar-refractivity contribution is 6.83. The maximum Gasteiger partial charge on any atom is 0.129 e. The zero-order valence-electron chi connectivity index (χ0n) is 13.5. The summed E-state index contributed by atoms with van der Waals surface area (Å²) in [4.78, 5) is 4.29. The van der Waals surface area contributed by atoms with Crippen LogP contribution >= 0.6 is 0 Å². The summed E-state index contributed by atoms with van der Waals surface area (Å²) in [5.41, 5.74) is 5.34. The van der Waals surface area contributed by atoms with Crippen LogP contribution in [-0.2, 0) is 9.47 Å². The standard InChI is InChI=1S/C17H23NO2Si/c1-14(19-2)7-8-17(20-3)16-13-18-11-9-15(16)10-12-21(4,5)6/h7-9,11H,1,13H2,2-6H3/b8-7-,17-16-. The normalized spacial score (nSPS) is 16.9. The van der Waals surface area contributed by atoms with Gasteiger partial charge in [-0.15, -0.1) is 5.54 Å². The molecule has 0 aromatic carbocycles. The van der Waals surface area contributed by atoms with Gasteiger partial charge in [0.05, 0.1) is 20.8 Å². The van der Waals surface area contributed by atoms with E-state index in [1.807, 2.05) is 12.2 Å². The van der Waals surface area contributed by atoms with E-state index in [0.717, 1.165) is 16.9 Å². The molecule has 3 nitrogen and oxygen atoms in total. The first kappa shape index (κ1) is 17.1. The quantitative estimate of drug-likeness (QED) is 0.344. The molecular weight excluding hydrogens is 278 g/mol. The van der Waals surface area contributed by atoms with E-state index in [1.54, 1.807) is 26.5 Å². The van der Waals surface area contributed by atoms with E-state index in [2.05, 4.69) is 42.7 Å². The summed E-state index contributed by atoms with van der Waals surface area (Å²) in [6.07, 6.45) is 7.34. The van der Waals surface area contributed by atoms with E-state index in [-0.39, 0.29) is 0 Å². The summed E-state index contributed by atoms with van der Waals surface area (Å²) < 4.78 is 10.5. The predicted molar refractivity (Wildman–Crippen MR) is 91.9 cm³/mol. The Balaban J connectivity index is 3.16. The number of hydrogen-bond acceptors (Lipinski definition) is 3. The van der Waals surface area contributed by atoms with Gasteiger partial charge >= 0.3 is 0 Å². The summed E-state index contributed by atoms with van der Waals surface area (Å²) >= 11 is 0. The molecule has 0 aromatic heterocycles. The van der Waals surface area contributed by atoms with Gasteiger partial charge in [0.25, 0.3) is 0 Å². The minimum atomic E-state index is -1.42. The van der Waals surface area contributed by atoms with Gasteiger partial charge in [-0.2, -0.15) is 0 Å². The topological polar surface area (TPSA) is 30.8 Å². The fourth-order valence-corrected chi connectivity index (χ4v) is 2.08. The van der Waals surface area contributed by atoms with Gasteiger partial charge in [-0.1, -0.05) is 32.1 Å². The molecule has 1 heterocycles. The Morgan fingerprint density at radius 1 is 1.29 bits per heavy atom. The second-order valence-corrected chi connectivity index (χ2v) is 10.4. The molecule has 0 saturated carbocycles.